The van der Waals surface area contributed by atoms with E-state index in [2.05, 4.69) is 15.2 Å². The Morgan fingerprint density at radius 3 is 2.75 bits per heavy atom. The van der Waals surface area contributed by atoms with E-state index < -0.39 is 0 Å². The van der Waals surface area contributed by atoms with Gasteiger partial charge in [-0.2, -0.15) is 0 Å². The highest BCUT2D eigenvalue weighted by atomic mass is 35.5. The molecule has 0 radical (unpaired) electrons. The molecule has 0 spiro atoms. The molecule has 0 fully saturated rings. The largest absolute Gasteiger partial charge is 0.319 e. The third-order valence-corrected chi connectivity index (χ3v) is 3.57. The highest BCUT2D eigenvalue weighted by Gasteiger charge is 2.14. The molecular weight excluding hydrogens is 281 g/mol. The van der Waals surface area contributed by atoms with E-state index in [1.54, 1.807) is 19.3 Å². The van der Waals surface area contributed by atoms with Crippen LogP contribution in [0, 0.1) is 12.7 Å². The Morgan fingerprint density at radius 2 is 2.10 bits per heavy atom. The summed E-state index contributed by atoms with van der Waals surface area (Å²) in [7, 11) is 1.87. The normalized spacial score (nSPS) is 11.4. The summed E-state index contributed by atoms with van der Waals surface area (Å²) < 4.78 is 17.4. The van der Waals surface area contributed by atoms with Crippen LogP contribution in [-0.2, 0) is 19.5 Å². The number of alkyl halides is 1. The highest BCUT2D eigenvalue weighted by molar-refractivity contribution is 6.16. The van der Waals surface area contributed by atoms with E-state index >= 15 is 0 Å². The summed E-state index contributed by atoms with van der Waals surface area (Å²) in [6, 6.07) is 3.22. The first kappa shape index (κ1) is 13.1. The number of benzene rings is 1. The van der Waals surface area contributed by atoms with Crippen LogP contribution in [-0.4, -0.2) is 24.3 Å². The lowest BCUT2D eigenvalue weighted by molar-refractivity contribution is 0.620. The van der Waals surface area contributed by atoms with Gasteiger partial charge in [0.05, 0.1) is 23.5 Å². The average Bonchev–Trinajstić information content (AvgIpc) is 2.96. The Bertz CT molecular complexity index is 777. The third-order valence-electron chi connectivity index (χ3n) is 3.33. The minimum Gasteiger partial charge on any atom is -0.319 e. The van der Waals surface area contributed by atoms with E-state index in [0.717, 1.165) is 11.3 Å². The monoisotopic (exact) mass is 293 g/mol. The van der Waals surface area contributed by atoms with Crippen molar-refractivity contribution in [2.45, 2.75) is 19.3 Å². The number of hydrogen-bond donors (Lipinski definition) is 0. The molecule has 0 aliphatic carbocycles. The number of halogens is 2. The van der Waals surface area contributed by atoms with Crippen molar-refractivity contribution in [2.75, 3.05) is 0 Å². The maximum atomic E-state index is 13.6. The van der Waals surface area contributed by atoms with Crippen molar-refractivity contribution in [3.63, 3.8) is 0 Å². The molecule has 3 rings (SSSR count). The van der Waals surface area contributed by atoms with Gasteiger partial charge in [-0.1, -0.05) is 0 Å². The van der Waals surface area contributed by atoms with Crippen LogP contribution in [0.3, 0.4) is 0 Å². The van der Waals surface area contributed by atoms with Gasteiger partial charge in [0, 0.05) is 13.1 Å². The van der Waals surface area contributed by atoms with Crippen molar-refractivity contribution >= 4 is 22.6 Å². The van der Waals surface area contributed by atoms with E-state index in [9.17, 15) is 4.39 Å². The molecular formula is C13H13ClFN5. The zero-order valence-corrected chi connectivity index (χ0v) is 11.9. The number of imidazole rings is 1. The Kier molecular flexibility index (Phi) is 3.17. The molecule has 0 saturated carbocycles. The van der Waals surface area contributed by atoms with Crippen LogP contribution >= 0.6 is 11.6 Å². The Morgan fingerprint density at radius 1 is 1.30 bits per heavy atom. The number of aryl methyl sites for hydroxylation is 2. The van der Waals surface area contributed by atoms with E-state index in [1.165, 1.54) is 6.07 Å². The number of fused-ring (bicyclic) bond motifs is 1. The second-order valence-corrected chi connectivity index (χ2v) is 4.96. The van der Waals surface area contributed by atoms with Crippen LogP contribution in [0.2, 0.25) is 0 Å². The summed E-state index contributed by atoms with van der Waals surface area (Å²) >= 11 is 5.94. The van der Waals surface area contributed by atoms with E-state index in [4.69, 9.17) is 11.6 Å². The van der Waals surface area contributed by atoms with Gasteiger partial charge >= 0.3 is 0 Å². The predicted molar refractivity (Wildman–Crippen MR) is 74.1 cm³/mol. The summed E-state index contributed by atoms with van der Waals surface area (Å²) in [6.45, 7) is 2.23. The quantitative estimate of drug-likeness (QED) is 0.697. The fourth-order valence-corrected chi connectivity index (χ4v) is 2.37. The maximum absolute atomic E-state index is 13.6. The lowest BCUT2D eigenvalue weighted by Crippen LogP contribution is -2.08. The van der Waals surface area contributed by atoms with Gasteiger partial charge in [-0.25, -0.2) is 9.37 Å². The van der Waals surface area contributed by atoms with Gasteiger partial charge in [-0.05, 0) is 18.6 Å². The smallest absolute Gasteiger partial charge is 0.152 e. The summed E-state index contributed by atoms with van der Waals surface area (Å²) in [4.78, 5) is 4.38. The zero-order valence-electron chi connectivity index (χ0n) is 11.1. The van der Waals surface area contributed by atoms with Crippen LogP contribution in [0.25, 0.3) is 11.0 Å². The summed E-state index contributed by atoms with van der Waals surface area (Å²) in [5, 5.41) is 7.92. The maximum Gasteiger partial charge on any atom is 0.152 e. The molecule has 2 aromatic heterocycles. The van der Waals surface area contributed by atoms with Gasteiger partial charge in [0.25, 0.3) is 0 Å². The topological polar surface area (TPSA) is 48.5 Å². The summed E-state index contributed by atoms with van der Waals surface area (Å²) in [5.41, 5.74) is 2.03. The van der Waals surface area contributed by atoms with Crippen molar-refractivity contribution in [3.8, 4) is 0 Å². The Labute approximate surface area is 120 Å². The predicted octanol–water partition coefficient (Wildman–Crippen LogP) is 2.40. The van der Waals surface area contributed by atoms with Gasteiger partial charge < -0.3 is 9.13 Å². The first-order valence-electron chi connectivity index (χ1n) is 6.14. The number of nitrogens with zero attached hydrogens (tertiary/aromatic N) is 5. The van der Waals surface area contributed by atoms with Gasteiger partial charge in [0.1, 0.15) is 18.0 Å². The molecule has 1 aromatic carbocycles. The molecule has 0 saturated heterocycles. The van der Waals surface area contributed by atoms with E-state index in [0.29, 0.717) is 23.4 Å². The molecule has 3 aromatic rings. The fraction of sp³-hybridized carbons (Fsp3) is 0.308. The summed E-state index contributed by atoms with van der Waals surface area (Å²) in [6.07, 6.45) is 1.64. The van der Waals surface area contributed by atoms with Crippen LogP contribution in [0.15, 0.2) is 18.5 Å². The van der Waals surface area contributed by atoms with Crippen LogP contribution in [0.5, 0.6) is 0 Å². The first-order chi connectivity index (χ1) is 9.60. The second kappa shape index (κ2) is 4.86. The minimum atomic E-state index is -0.262. The van der Waals surface area contributed by atoms with Crippen molar-refractivity contribution in [3.05, 3.63) is 41.5 Å². The minimum absolute atomic E-state index is 0.257. The molecule has 0 aliphatic heterocycles. The second-order valence-electron chi connectivity index (χ2n) is 4.70. The molecule has 0 N–H and O–H groups in total. The molecule has 0 unspecified atom stereocenters. The lowest BCUT2D eigenvalue weighted by atomic mass is 10.2. The molecule has 104 valence electrons. The number of rotatable bonds is 3. The standard InChI is InChI=1S/C13H13ClFN5/c1-8-3-11-10(4-9(8)15)17-12(5-14)20(11)6-13-18-16-7-19(13)2/h3-4,7H,5-6H2,1-2H3. The Balaban J connectivity index is 2.17. The van der Waals surface area contributed by atoms with Crippen LogP contribution < -0.4 is 0 Å². The first-order valence-corrected chi connectivity index (χ1v) is 6.67. The molecule has 2 heterocycles. The summed E-state index contributed by atoms with van der Waals surface area (Å²) in [5.74, 6) is 1.47. The average molecular weight is 294 g/mol. The molecule has 20 heavy (non-hydrogen) atoms. The lowest BCUT2D eigenvalue weighted by Gasteiger charge is -2.07. The zero-order chi connectivity index (χ0) is 14.3. The SMILES string of the molecule is Cc1cc2c(cc1F)nc(CCl)n2Cc1nncn1C. The van der Waals surface area contributed by atoms with Crippen LogP contribution in [0.1, 0.15) is 17.2 Å². The molecule has 5 nitrogen and oxygen atoms in total. The van der Waals surface area contributed by atoms with Gasteiger partial charge in [0.2, 0.25) is 0 Å². The van der Waals surface area contributed by atoms with Crippen molar-refractivity contribution < 1.29 is 4.39 Å². The third kappa shape index (κ3) is 2.06. The van der Waals surface area contributed by atoms with Crippen molar-refractivity contribution in [1.82, 2.24) is 24.3 Å². The molecule has 0 atom stereocenters. The fourth-order valence-electron chi connectivity index (χ4n) is 2.17. The van der Waals surface area contributed by atoms with Gasteiger partial charge in [-0.15, -0.1) is 21.8 Å². The van der Waals surface area contributed by atoms with Gasteiger partial charge in [0.15, 0.2) is 5.82 Å². The van der Waals surface area contributed by atoms with E-state index in [1.807, 2.05) is 16.2 Å². The van der Waals surface area contributed by atoms with Gasteiger partial charge in [-0.3, -0.25) is 0 Å². The molecule has 0 aliphatic rings. The number of hydrogen-bond acceptors (Lipinski definition) is 3. The van der Waals surface area contributed by atoms with Crippen LogP contribution in [0.4, 0.5) is 4.39 Å². The molecule has 0 amide bonds. The molecule has 7 heteroatoms. The highest BCUT2D eigenvalue weighted by Crippen LogP contribution is 2.22. The Hall–Kier alpha value is -1.95. The van der Waals surface area contributed by atoms with E-state index in [-0.39, 0.29) is 11.7 Å². The molecule has 0 bridgehead atoms. The van der Waals surface area contributed by atoms with Crippen molar-refractivity contribution in [1.29, 1.82) is 0 Å². The van der Waals surface area contributed by atoms with Crippen molar-refractivity contribution in [2.24, 2.45) is 7.05 Å². The number of aromatic nitrogens is 5.